The molecular formula is C16H22N4O2S2. The van der Waals surface area contributed by atoms with Crippen molar-refractivity contribution in [2.24, 2.45) is 0 Å². The van der Waals surface area contributed by atoms with E-state index in [1.807, 2.05) is 0 Å². The molecule has 0 radical (unpaired) electrons. The van der Waals surface area contributed by atoms with Gasteiger partial charge in [0.1, 0.15) is 15.7 Å². The zero-order chi connectivity index (χ0) is 17.7. The number of nitrogens with one attached hydrogen (secondary N) is 2. The summed E-state index contributed by atoms with van der Waals surface area (Å²) in [7, 11) is 0. The zero-order valence-corrected chi connectivity index (χ0v) is 16.0. The molecule has 6 nitrogen and oxygen atoms in total. The van der Waals surface area contributed by atoms with Crippen LogP contribution in [0.1, 0.15) is 43.0 Å². The molecule has 0 atom stereocenters. The first kappa shape index (κ1) is 18.7. The number of rotatable bonds is 6. The number of carbonyl (C=O) groups excluding carboxylic acids is 2. The van der Waals surface area contributed by atoms with E-state index in [2.05, 4.69) is 41.6 Å². The molecule has 0 aliphatic carbocycles. The SMILES string of the molecule is CCCc1nc(SCC(=O)NNC(=O)CC)c2c(C)c(C)sc2n1. The normalized spacial score (nSPS) is 10.8. The predicted octanol–water partition coefficient (Wildman–Crippen LogP) is 2.91. The first-order valence-corrected chi connectivity index (χ1v) is 9.73. The van der Waals surface area contributed by atoms with Crippen molar-refractivity contribution >= 4 is 45.1 Å². The topological polar surface area (TPSA) is 84.0 Å². The minimum absolute atomic E-state index is 0.190. The van der Waals surface area contributed by atoms with Gasteiger partial charge in [-0.2, -0.15) is 0 Å². The van der Waals surface area contributed by atoms with E-state index in [4.69, 9.17) is 0 Å². The number of aryl methyl sites for hydroxylation is 3. The van der Waals surface area contributed by atoms with Crippen LogP contribution in [0.4, 0.5) is 0 Å². The lowest BCUT2D eigenvalue weighted by Gasteiger charge is -2.08. The lowest BCUT2D eigenvalue weighted by atomic mass is 10.2. The first-order chi connectivity index (χ1) is 11.5. The van der Waals surface area contributed by atoms with Gasteiger partial charge < -0.3 is 0 Å². The molecule has 24 heavy (non-hydrogen) atoms. The van der Waals surface area contributed by atoms with Crippen LogP contribution in [0.5, 0.6) is 0 Å². The summed E-state index contributed by atoms with van der Waals surface area (Å²) in [6, 6.07) is 0. The van der Waals surface area contributed by atoms with E-state index in [0.717, 1.165) is 33.9 Å². The molecule has 0 spiro atoms. The van der Waals surface area contributed by atoms with Gasteiger partial charge in [0.15, 0.2) is 0 Å². The predicted molar refractivity (Wildman–Crippen MR) is 98.2 cm³/mol. The molecule has 130 valence electrons. The summed E-state index contributed by atoms with van der Waals surface area (Å²) in [6.45, 7) is 7.95. The second-order valence-corrected chi connectivity index (χ2v) is 7.56. The fourth-order valence-corrected chi connectivity index (χ4v) is 4.11. The van der Waals surface area contributed by atoms with Crippen LogP contribution in [0.25, 0.3) is 10.2 Å². The van der Waals surface area contributed by atoms with E-state index in [-0.39, 0.29) is 17.6 Å². The number of amides is 2. The number of nitrogens with zero attached hydrogens (tertiary/aromatic N) is 2. The highest BCUT2D eigenvalue weighted by atomic mass is 32.2. The molecule has 0 saturated carbocycles. The van der Waals surface area contributed by atoms with E-state index >= 15 is 0 Å². The maximum atomic E-state index is 11.9. The number of hydrogen-bond donors (Lipinski definition) is 2. The largest absolute Gasteiger partial charge is 0.273 e. The van der Waals surface area contributed by atoms with Crippen LogP contribution >= 0.6 is 23.1 Å². The third-order valence-electron chi connectivity index (χ3n) is 3.52. The Morgan fingerprint density at radius 3 is 2.50 bits per heavy atom. The van der Waals surface area contributed by atoms with E-state index < -0.39 is 0 Å². The van der Waals surface area contributed by atoms with Crippen molar-refractivity contribution in [3.8, 4) is 0 Å². The average molecular weight is 367 g/mol. The van der Waals surface area contributed by atoms with Gasteiger partial charge in [-0.15, -0.1) is 11.3 Å². The number of carbonyl (C=O) groups is 2. The molecule has 0 fully saturated rings. The Morgan fingerprint density at radius 2 is 1.83 bits per heavy atom. The van der Waals surface area contributed by atoms with Crippen LogP contribution in [-0.2, 0) is 16.0 Å². The maximum absolute atomic E-state index is 11.9. The van der Waals surface area contributed by atoms with Crippen LogP contribution in [0, 0.1) is 13.8 Å². The number of thiophene rings is 1. The summed E-state index contributed by atoms with van der Waals surface area (Å²) in [5.41, 5.74) is 5.95. The molecule has 2 amide bonds. The van der Waals surface area contributed by atoms with E-state index in [1.165, 1.54) is 22.2 Å². The quantitative estimate of drug-likeness (QED) is 0.466. The van der Waals surface area contributed by atoms with Crippen molar-refractivity contribution in [1.82, 2.24) is 20.8 Å². The summed E-state index contributed by atoms with van der Waals surface area (Å²) in [4.78, 5) is 34.5. The lowest BCUT2D eigenvalue weighted by Crippen LogP contribution is -2.42. The molecule has 2 rings (SSSR count). The van der Waals surface area contributed by atoms with E-state index in [0.29, 0.717) is 6.42 Å². The van der Waals surface area contributed by atoms with Gasteiger partial charge in [-0.25, -0.2) is 9.97 Å². The van der Waals surface area contributed by atoms with Crippen molar-refractivity contribution < 1.29 is 9.59 Å². The molecule has 8 heteroatoms. The van der Waals surface area contributed by atoms with Crippen LogP contribution in [0.2, 0.25) is 0 Å². The molecular weight excluding hydrogens is 344 g/mol. The highest BCUT2D eigenvalue weighted by molar-refractivity contribution is 8.00. The number of aromatic nitrogens is 2. The summed E-state index contributed by atoms with van der Waals surface area (Å²) < 4.78 is 0. The monoisotopic (exact) mass is 366 g/mol. The Morgan fingerprint density at radius 1 is 1.12 bits per heavy atom. The summed E-state index contributed by atoms with van der Waals surface area (Å²) >= 11 is 3.04. The van der Waals surface area contributed by atoms with Crippen molar-refractivity contribution in [2.45, 2.75) is 52.0 Å². The molecule has 2 N–H and O–H groups in total. The summed E-state index contributed by atoms with van der Waals surface area (Å²) in [5.74, 6) is 0.534. The van der Waals surface area contributed by atoms with Crippen molar-refractivity contribution in [3.63, 3.8) is 0 Å². The molecule has 0 aliphatic heterocycles. The Balaban J connectivity index is 2.17. The molecule has 2 heterocycles. The summed E-state index contributed by atoms with van der Waals surface area (Å²) in [6.07, 6.45) is 2.12. The van der Waals surface area contributed by atoms with Crippen LogP contribution < -0.4 is 10.9 Å². The van der Waals surface area contributed by atoms with Crippen LogP contribution in [0.3, 0.4) is 0 Å². The second kappa shape index (κ2) is 8.43. The molecule has 0 bridgehead atoms. The third kappa shape index (κ3) is 4.45. The van der Waals surface area contributed by atoms with Crippen molar-refractivity contribution in [2.75, 3.05) is 5.75 Å². The van der Waals surface area contributed by atoms with Gasteiger partial charge in [-0.3, -0.25) is 20.4 Å². The summed E-state index contributed by atoms with van der Waals surface area (Å²) in [5, 5.41) is 1.87. The Bertz CT molecular complexity index is 758. The van der Waals surface area contributed by atoms with Crippen molar-refractivity contribution in [3.05, 3.63) is 16.3 Å². The highest BCUT2D eigenvalue weighted by Crippen LogP contribution is 2.35. The van der Waals surface area contributed by atoms with Gasteiger partial charge in [-0.1, -0.05) is 25.6 Å². The lowest BCUT2D eigenvalue weighted by molar-refractivity contribution is -0.127. The smallest absolute Gasteiger partial charge is 0.248 e. The molecule has 0 aliphatic rings. The fraction of sp³-hybridized carbons (Fsp3) is 0.500. The van der Waals surface area contributed by atoms with Gasteiger partial charge in [0.05, 0.1) is 5.75 Å². The number of hydrogen-bond acceptors (Lipinski definition) is 6. The molecule has 2 aromatic rings. The van der Waals surface area contributed by atoms with Gasteiger partial charge in [-0.05, 0) is 25.8 Å². The van der Waals surface area contributed by atoms with Gasteiger partial charge in [0.25, 0.3) is 0 Å². The molecule has 2 aromatic heterocycles. The van der Waals surface area contributed by atoms with Gasteiger partial charge in [0.2, 0.25) is 11.8 Å². The Kier molecular flexibility index (Phi) is 6.56. The number of thioether (sulfide) groups is 1. The fourth-order valence-electron chi connectivity index (χ4n) is 2.09. The van der Waals surface area contributed by atoms with E-state index in [9.17, 15) is 9.59 Å². The standard InChI is InChI=1S/C16H22N4O2S2/c1-5-7-11-17-15(14-9(3)10(4)24-16(14)18-11)23-8-13(22)20-19-12(21)6-2/h5-8H2,1-4H3,(H,19,21)(H,20,22). The zero-order valence-electron chi connectivity index (χ0n) is 14.4. The Labute approximate surface area is 149 Å². The van der Waals surface area contributed by atoms with Gasteiger partial charge in [0, 0.05) is 23.1 Å². The highest BCUT2D eigenvalue weighted by Gasteiger charge is 2.16. The second-order valence-electron chi connectivity index (χ2n) is 5.40. The van der Waals surface area contributed by atoms with Crippen molar-refractivity contribution in [1.29, 1.82) is 0 Å². The number of hydrazine groups is 1. The Hall–Kier alpha value is -1.67. The molecule has 0 saturated heterocycles. The van der Waals surface area contributed by atoms with Crippen LogP contribution in [0.15, 0.2) is 5.03 Å². The minimum Gasteiger partial charge on any atom is -0.273 e. The van der Waals surface area contributed by atoms with Gasteiger partial charge >= 0.3 is 0 Å². The minimum atomic E-state index is -0.254. The van der Waals surface area contributed by atoms with Crippen LogP contribution in [-0.4, -0.2) is 27.5 Å². The molecule has 0 aromatic carbocycles. The first-order valence-electron chi connectivity index (χ1n) is 7.93. The number of fused-ring (bicyclic) bond motifs is 1. The van der Waals surface area contributed by atoms with E-state index in [1.54, 1.807) is 18.3 Å². The molecule has 0 unspecified atom stereocenters. The average Bonchev–Trinajstić information content (AvgIpc) is 2.85. The third-order valence-corrected chi connectivity index (χ3v) is 5.59. The maximum Gasteiger partial charge on any atom is 0.248 e.